The lowest BCUT2D eigenvalue weighted by Crippen LogP contribution is -2.13. The highest BCUT2D eigenvalue weighted by atomic mass is 16.5. The molecule has 2 aromatic rings. The fraction of sp³-hybridized carbons (Fsp3) is 0.200. The van der Waals surface area contributed by atoms with Gasteiger partial charge in [-0.05, 0) is 31.2 Å². The molecule has 2 N–H and O–H groups in total. The fourth-order valence-electron chi connectivity index (χ4n) is 1.87. The number of amides is 2. The van der Waals surface area contributed by atoms with Crippen LogP contribution in [0.5, 0.6) is 5.75 Å². The zero-order valence-corrected chi connectivity index (χ0v) is 12.0. The van der Waals surface area contributed by atoms with Gasteiger partial charge in [0, 0.05) is 18.2 Å². The van der Waals surface area contributed by atoms with Crippen LogP contribution in [0.2, 0.25) is 0 Å². The van der Waals surface area contributed by atoms with Crippen molar-refractivity contribution in [2.45, 2.75) is 13.8 Å². The van der Waals surface area contributed by atoms with Crippen LogP contribution in [0, 0.1) is 6.92 Å². The van der Waals surface area contributed by atoms with Gasteiger partial charge in [0.05, 0.1) is 19.1 Å². The Hall–Kier alpha value is -2.76. The Bertz CT molecular complexity index is 676. The highest BCUT2D eigenvalue weighted by Gasteiger charge is 2.15. The summed E-state index contributed by atoms with van der Waals surface area (Å²) in [6, 6.07) is 6.68. The highest BCUT2D eigenvalue weighted by Crippen LogP contribution is 2.28. The summed E-state index contributed by atoms with van der Waals surface area (Å²) in [5.74, 6) is 0.152. The van der Waals surface area contributed by atoms with E-state index in [4.69, 9.17) is 9.15 Å². The number of hydrogen-bond donors (Lipinski definition) is 2. The third kappa shape index (κ3) is 3.42. The molecule has 0 saturated carbocycles. The number of furan rings is 1. The second-order valence-corrected chi connectivity index (χ2v) is 4.48. The number of carbonyl (C=O) groups is 2. The molecule has 21 heavy (non-hydrogen) atoms. The largest absolute Gasteiger partial charge is 0.495 e. The second kappa shape index (κ2) is 6.13. The molecule has 0 radical (unpaired) electrons. The summed E-state index contributed by atoms with van der Waals surface area (Å²) in [5.41, 5.74) is 1.75. The van der Waals surface area contributed by atoms with Crippen LogP contribution >= 0.6 is 0 Å². The Morgan fingerprint density at radius 1 is 1.19 bits per heavy atom. The van der Waals surface area contributed by atoms with Gasteiger partial charge in [-0.3, -0.25) is 9.59 Å². The van der Waals surface area contributed by atoms with Crippen molar-refractivity contribution in [3.63, 3.8) is 0 Å². The maximum atomic E-state index is 12.1. The normalized spacial score (nSPS) is 10.0. The van der Waals surface area contributed by atoms with Crippen LogP contribution in [0.15, 0.2) is 34.9 Å². The number of ether oxygens (including phenoxy) is 1. The number of nitrogens with one attached hydrogen (secondary N) is 2. The lowest BCUT2D eigenvalue weighted by atomic mass is 10.2. The smallest absolute Gasteiger partial charge is 0.291 e. The van der Waals surface area contributed by atoms with Crippen LogP contribution in [-0.2, 0) is 4.79 Å². The standard InChI is InChI=1S/C15H16N2O4/c1-9-6-7-21-14(9)15(19)17-12-8-11(16-10(2)18)4-5-13(12)20-3/h4-8H,1-3H3,(H,16,18)(H,17,19). The highest BCUT2D eigenvalue weighted by molar-refractivity contribution is 6.04. The Kier molecular flexibility index (Phi) is 4.27. The average Bonchev–Trinajstić information content (AvgIpc) is 2.84. The molecule has 1 heterocycles. The molecule has 0 aliphatic heterocycles. The predicted octanol–water partition coefficient (Wildman–Crippen LogP) is 2.81. The molecular formula is C15H16N2O4. The second-order valence-electron chi connectivity index (χ2n) is 4.48. The van der Waals surface area contributed by atoms with Gasteiger partial charge in [0.25, 0.3) is 5.91 Å². The Balaban J connectivity index is 2.27. The minimum absolute atomic E-state index is 0.195. The predicted molar refractivity (Wildman–Crippen MR) is 78.7 cm³/mol. The number of hydrogen-bond acceptors (Lipinski definition) is 4. The van der Waals surface area contributed by atoms with Gasteiger partial charge in [-0.1, -0.05) is 0 Å². The minimum Gasteiger partial charge on any atom is -0.495 e. The van der Waals surface area contributed by atoms with Gasteiger partial charge in [-0.25, -0.2) is 0 Å². The van der Waals surface area contributed by atoms with Crippen molar-refractivity contribution in [1.29, 1.82) is 0 Å². The summed E-state index contributed by atoms with van der Waals surface area (Å²) in [6.07, 6.45) is 1.45. The van der Waals surface area contributed by atoms with Crippen molar-refractivity contribution in [2.75, 3.05) is 17.7 Å². The summed E-state index contributed by atoms with van der Waals surface area (Å²) >= 11 is 0. The molecule has 6 nitrogen and oxygen atoms in total. The summed E-state index contributed by atoms with van der Waals surface area (Å²) < 4.78 is 10.3. The van der Waals surface area contributed by atoms with Crippen molar-refractivity contribution in [2.24, 2.45) is 0 Å². The zero-order chi connectivity index (χ0) is 15.4. The van der Waals surface area contributed by atoms with E-state index in [1.165, 1.54) is 20.3 Å². The van der Waals surface area contributed by atoms with Gasteiger partial charge in [0.2, 0.25) is 5.91 Å². The van der Waals surface area contributed by atoms with Crippen molar-refractivity contribution < 1.29 is 18.7 Å². The lowest BCUT2D eigenvalue weighted by molar-refractivity contribution is -0.114. The zero-order valence-electron chi connectivity index (χ0n) is 12.0. The first-order valence-electron chi connectivity index (χ1n) is 6.32. The molecule has 2 rings (SSSR count). The van der Waals surface area contributed by atoms with E-state index in [9.17, 15) is 9.59 Å². The van der Waals surface area contributed by atoms with Crippen molar-refractivity contribution in [1.82, 2.24) is 0 Å². The summed E-state index contributed by atoms with van der Waals surface area (Å²) in [6.45, 7) is 3.19. The topological polar surface area (TPSA) is 80.6 Å². The molecule has 0 bridgehead atoms. The van der Waals surface area contributed by atoms with Gasteiger partial charge < -0.3 is 19.8 Å². The van der Waals surface area contributed by atoms with Crippen LogP contribution in [0.3, 0.4) is 0 Å². The van der Waals surface area contributed by atoms with Crippen molar-refractivity contribution in [3.05, 3.63) is 41.9 Å². The third-order valence-electron chi connectivity index (χ3n) is 2.84. The van der Waals surface area contributed by atoms with Crippen LogP contribution in [0.1, 0.15) is 23.0 Å². The Labute approximate surface area is 122 Å². The summed E-state index contributed by atoms with van der Waals surface area (Å²) in [4.78, 5) is 23.2. The van der Waals surface area contributed by atoms with Crippen LogP contribution in [-0.4, -0.2) is 18.9 Å². The summed E-state index contributed by atoms with van der Waals surface area (Å²) in [7, 11) is 1.50. The number of rotatable bonds is 4. The number of benzene rings is 1. The molecule has 1 aromatic heterocycles. The molecule has 0 aliphatic rings. The van der Waals surface area contributed by atoms with E-state index in [0.717, 1.165) is 5.56 Å². The maximum absolute atomic E-state index is 12.1. The molecule has 2 amide bonds. The Morgan fingerprint density at radius 2 is 1.95 bits per heavy atom. The first-order valence-corrected chi connectivity index (χ1v) is 6.32. The van der Waals surface area contributed by atoms with Crippen molar-refractivity contribution >= 4 is 23.2 Å². The molecule has 6 heteroatoms. The van der Waals surface area contributed by atoms with E-state index >= 15 is 0 Å². The fourth-order valence-corrected chi connectivity index (χ4v) is 1.87. The molecule has 0 fully saturated rings. The van der Waals surface area contributed by atoms with Crippen LogP contribution in [0.4, 0.5) is 11.4 Å². The first-order chi connectivity index (χ1) is 10.0. The molecule has 0 atom stereocenters. The monoisotopic (exact) mass is 288 g/mol. The van der Waals surface area contributed by atoms with Crippen LogP contribution in [0.25, 0.3) is 0 Å². The van der Waals surface area contributed by atoms with Crippen molar-refractivity contribution in [3.8, 4) is 5.75 Å². The number of anilines is 2. The van der Waals surface area contributed by atoms with E-state index < -0.39 is 0 Å². The average molecular weight is 288 g/mol. The van der Waals surface area contributed by atoms with Gasteiger partial charge in [-0.2, -0.15) is 0 Å². The van der Waals surface area contributed by atoms with E-state index in [1.54, 1.807) is 31.2 Å². The van der Waals surface area contributed by atoms with E-state index in [-0.39, 0.29) is 17.6 Å². The number of methoxy groups -OCH3 is 1. The molecular weight excluding hydrogens is 272 g/mol. The van der Waals surface area contributed by atoms with Gasteiger partial charge in [0.1, 0.15) is 5.75 Å². The van der Waals surface area contributed by atoms with Crippen LogP contribution < -0.4 is 15.4 Å². The lowest BCUT2D eigenvalue weighted by Gasteiger charge is -2.12. The molecule has 0 spiro atoms. The molecule has 1 aromatic carbocycles. The van der Waals surface area contributed by atoms with E-state index in [1.807, 2.05) is 0 Å². The third-order valence-corrected chi connectivity index (χ3v) is 2.84. The van der Waals surface area contributed by atoms with Gasteiger partial charge in [-0.15, -0.1) is 0 Å². The SMILES string of the molecule is COc1ccc(NC(C)=O)cc1NC(=O)c1occc1C. The summed E-state index contributed by atoms with van der Waals surface area (Å²) in [5, 5.41) is 5.36. The van der Waals surface area contributed by atoms with E-state index in [0.29, 0.717) is 17.1 Å². The molecule has 110 valence electrons. The Morgan fingerprint density at radius 3 is 2.52 bits per heavy atom. The first kappa shape index (κ1) is 14.6. The maximum Gasteiger partial charge on any atom is 0.291 e. The van der Waals surface area contributed by atoms with Gasteiger partial charge >= 0.3 is 0 Å². The van der Waals surface area contributed by atoms with Gasteiger partial charge in [0.15, 0.2) is 5.76 Å². The number of aryl methyl sites for hydroxylation is 1. The minimum atomic E-state index is -0.379. The molecule has 0 saturated heterocycles. The molecule has 0 unspecified atom stereocenters. The quantitative estimate of drug-likeness (QED) is 0.906. The van der Waals surface area contributed by atoms with E-state index in [2.05, 4.69) is 10.6 Å². The molecule has 0 aliphatic carbocycles. The number of carbonyl (C=O) groups excluding carboxylic acids is 2.